The monoisotopic (exact) mass is 289 g/mol. The zero-order valence-electron chi connectivity index (χ0n) is 10.7. The molecule has 0 aliphatic carbocycles. The summed E-state index contributed by atoms with van der Waals surface area (Å²) in [6.45, 7) is 3.40. The molecular formula is C12H16FNO4S. The highest BCUT2D eigenvalue weighted by molar-refractivity contribution is 7.89. The molecule has 1 aromatic carbocycles. The molecule has 1 aromatic rings. The van der Waals surface area contributed by atoms with Crippen LogP contribution < -0.4 is 4.72 Å². The highest BCUT2D eigenvalue weighted by Gasteiger charge is 2.22. The summed E-state index contributed by atoms with van der Waals surface area (Å²) in [5, 5.41) is 0. The Kier molecular flexibility index (Phi) is 5.44. The van der Waals surface area contributed by atoms with Gasteiger partial charge in [-0.15, -0.1) is 0 Å². The fourth-order valence-corrected chi connectivity index (χ4v) is 2.83. The van der Waals surface area contributed by atoms with Crippen molar-refractivity contribution in [2.75, 3.05) is 6.61 Å². The minimum Gasteiger partial charge on any atom is -0.466 e. The lowest BCUT2D eigenvalue weighted by molar-refractivity contribution is -0.143. The van der Waals surface area contributed by atoms with Crippen LogP contribution in [0.5, 0.6) is 0 Å². The third-order valence-corrected chi connectivity index (χ3v) is 3.88. The van der Waals surface area contributed by atoms with Gasteiger partial charge in [0.15, 0.2) is 0 Å². The van der Waals surface area contributed by atoms with E-state index < -0.39 is 32.7 Å². The molecule has 1 atom stereocenters. The predicted molar refractivity (Wildman–Crippen MR) is 67.4 cm³/mol. The molecule has 7 heteroatoms. The van der Waals surface area contributed by atoms with Crippen molar-refractivity contribution in [1.82, 2.24) is 4.72 Å². The van der Waals surface area contributed by atoms with Crippen LogP contribution in [-0.2, 0) is 19.6 Å². The Labute approximate surface area is 111 Å². The van der Waals surface area contributed by atoms with Gasteiger partial charge in [0.2, 0.25) is 10.0 Å². The normalized spacial score (nSPS) is 13.0. The fourth-order valence-electron chi connectivity index (χ4n) is 1.50. The van der Waals surface area contributed by atoms with Crippen LogP contribution in [0.1, 0.15) is 20.3 Å². The maximum absolute atomic E-state index is 13.4. The van der Waals surface area contributed by atoms with E-state index in [1.54, 1.807) is 6.92 Å². The predicted octanol–water partition coefficient (Wildman–Crippen LogP) is 1.45. The number of rotatable bonds is 6. The van der Waals surface area contributed by atoms with Crippen LogP contribution in [0.15, 0.2) is 29.2 Å². The lowest BCUT2D eigenvalue weighted by atomic mass is 10.3. The standard InChI is InChI=1S/C12H16FNO4S/c1-3-18-12(15)8-9(2)14-19(16,17)11-7-5-4-6-10(11)13/h4-7,9,14H,3,8H2,1-2H3. The summed E-state index contributed by atoms with van der Waals surface area (Å²) in [4.78, 5) is 10.8. The van der Waals surface area contributed by atoms with Crippen molar-refractivity contribution in [3.8, 4) is 0 Å². The molecule has 106 valence electrons. The number of ether oxygens (including phenoxy) is 1. The molecule has 0 spiro atoms. The van der Waals surface area contributed by atoms with E-state index in [1.165, 1.54) is 19.1 Å². The Balaban J connectivity index is 2.75. The van der Waals surface area contributed by atoms with E-state index in [-0.39, 0.29) is 13.0 Å². The highest BCUT2D eigenvalue weighted by Crippen LogP contribution is 2.14. The Bertz CT molecular complexity index is 544. The van der Waals surface area contributed by atoms with Gasteiger partial charge < -0.3 is 4.74 Å². The van der Waals surface area contributed by atoms with Crippen LogP contribution >= 0.6 is 0 Å². The lowest BCUT2D eigenvalue weighted by Crippen LogP contribution is -2.35. The number of carbonyl (C=O) groups excluding carboxylic acids is 1. The van der Waals surface area contributed by atoms with Crippen molar-refractivity contribution < 1.29 is 22.3 Å². The van der Waals surface area contributed by atoms with E-state index in [9.17, 15) is 17.6 Å². The molecule has 0 heterocycles. The van der Waals surface area contributed by atoms with Crippen LogP contribution in [0.3, 0.4) is 0 Å². The summed E-state index contributed by atoms with van der Waals surface area (Å²) in [5.41, 5.74) is 0. The van der Waals surface area contributed by atoms with Crippen LogP contribution in [0.25, 0.3) is 0 Å². The summed E-state index contributed by atoms with van der Waals surface area (Å²) in [6.07, 6.45) is -0.110. The van der Waals surface area contributed by atoms with Gasteiger partial charge in [0, 0.05) is 6.04 Å². The second-order valence-corrected chi connectivity index (χ2v) is 5.64. The third-order valence-electron chi connectivity index (χ3n) is 2.26. The van der Waals surface area contributed by atoms with E-state index >= 15 is 0 Å². The number of hydrogen-bond acceptors (Lipinski definition) is 4. The number of nitrogens with one attached hydrogen (secondary N) is 1. The number of halogens is 1. The minimum absolute atomic E-state index is 0.110. The van der Waals surface area contributed by atoms with Gasteiger partial charge in [0.1, 0.15) is 10.7 Å². The maximum atomic E-state index is 13.4. The van der Waals surface area contributed by atoms with E-state index in [0.717, 1.165) is 12.1 Å². The first kappa shape index (κ1) is 15.6. The Hall–Kier alpha value is -1.47. The minimum atomic E-state index is -3.98. The van der Waals surface area contributed by atoms with E-state index in [4.69, 9.17) is 4.74 Å². The van der Waals surface area contributed by atoms with Crippen molar-refractivity contribution in [3.05, 3.63) is 30.1 Å². The molecule has 1 unspecified atom stereocenters. The molecule has 0 fully saturated rings. The smallest absolute Gasteiger partial charge is 0.307 e. The van der Waals surface area contributed by atoms with Crippen molar-refractivity contribution in [2.45, 2.75) is 31.2 Å². The first-order chi connectivity index (χ1) is 8.86. The number of sulfonamides is 1. The first-order valence-corrected chi connectivity index (χ1v) is 7.27. The van der Waals surface area contributed by atoms with Gasteiger partial charge in [-0.3, -0.25) is 4.79 Å². The molecule has 19 heavy (non-hydrogen) atoms. The van der Waals surface area contributed by atoms with Crippen LogP contribution in [0.2, 0.25) is 0 Å². The highest BCUT2D eigenvalue weighted by atomic mass is 32.2. The summed E-state index contributed by atoms with van der Waals surface area (Å²) < 4.78 is 44.1. The average Bonchev–Trinajstić information content (AvgIpc) is 2.28. The second-order valence-electron chi connectivity index (χ2n) is 3.96. The van der Waals surface area contributed by atoms with Crippen LogP contribution in [-0.4, -0.2) is 27.0 Å². The Morgan fingerprint density at radius 3 is 2.63 bits per heavy atom. The Morgan fingerprint density at radius 2 is 2.05 bits per heavy atom. The number of carbonyl (C=O) groups is 1. The fraction of sp³-hybridized carbons (Fsp3) is 0.417. The van der Waals surface area contributed by atoms with Gasteiger partial charge in [-0.05, 0) is 26.0 Å². The largest absolute Gasteiger partial charge is 0.466 e. The number of esters is 1. The zero-order chi connectivity index (χ0) is 14.5. The number of hydrogen-bond donors (Lipinski definition) is 1. The third kappa shape index (κ3) is 4.60. The van der Waals surface area contributed by atoms with Gasteiger partial charge in [0.25, 0.3) is 0 Å². The van der Waals surface area contributed by atoms with Gasteiger partial charge >= 0.3 is 5.97 Å². The van der Waals surface area contributed by atoms with Crippen molar-refractivity contribution >= 4 is 16.0 Å². The van der Waals surface area contributed by atoms with Crippen molar-refractivity contribution in [1.29, 1.82) is 0 Å². The number of benzene rings is 1. The summed E-state index contributed by atoms with van der Waals surface area (Å²) in [5.74, 6) is -1.34. The quantitative estimate of drug-likeness (QED) is 0.804. The molecule has 1 rings (SSSR count). The summed E-state index contributed by atoms with van der Waals surface area (Å²) in [7, 11) is -3.98. The molecule has 0 aliphatic heterocycles. The molecule has 1 N–H and O–H groups in total. The SMILES string of the molecule is CCOC(=O)CC(C)NS(=O)(=O)c1ccccc1F. The van der Waals surface area contributed by atoms with Gasteiger partial charge in [-0.1, -0.05) is 12.1 Å². The topological polar surface area (TPSA) is 72.5 Å². The van der Waals surface area contributed by atoms with Crippen LogP contribution in [0, 0.1) is 5.82 Å². The molecule has 0 aromatic heterocycles. The molecule has 0 aliphatic rings. The zero-order valence-corrected chi connectivity index (χ0v) is 11.5. The summed E-state index contributed by atoms with van der Waals surface area (Å²) in [6, 6.07) is 4.37. The maximum Gasteiger partial charge on any atom is 0.307 e. The van der Waals surface area contributed by atoms with Crippen molar-refractivity contribution in [3.63, 3.8) is 0 Å². The van der Waals surface area contributed by atoms with Gasteiger partial charge in [0.05, 0.1) is 13.0 Å². The molecule has 0 radical (unpaired) electrons. The molecule has 0 saturated heterocycles. The van der Waals surface area contributed by atoms with E-state index in [1.807, 2.05) is 0 Å². The molecular weight excluding hydrogens is 273 g/mol. The Morgan fingerprint density at radius 1 is 1.42 bits per heavy atom. The van der Waals surface area contributed by atoms with E-state index in [0.29, 0.717) is 0 Å². The molecule has 0 bridgehead atoms. The second kappa shape index (κ2) is 6.63. The van der Waals surface area contributed by atoms with Crippen LogP contribution in [0.4, 0.5) is 4.39 Å². The first-order valence-electron chi connectivity index (χ1n) is 5.79. The summed E-state index contributed by atoms with van der Waals surface area (Å²) >= 11 is 0. The molecule has 0 amide bonds. The van der Waals surface area contributed by atoms with Gasteiger partial charge in [-0.2, -0.15) is 0 Å². The molecule has 0 saturated carbocycles. The van der Waals surface area contributed by atoms with E-state index in [2.05, 4.69) is 4.72 Å². The average molecular weight is 289 g/mol. The van der Waals surface area contributed by atoms with Crippen molar-refractivity contribution in [2.24, 2.45) is 0 Å². The lowest BCUT2D eigenvalue weighted by Gasteiger charge is -2.13. The molecule has 5 nitrogen and oxygen atoms in total. The van der Waals surface area contributed by atoms with Gasteiger partial charge in [-0.25, -0.2) is 17.5 Å².